The van der Waals surface area contributed by atoms with E-state index in [1.165, 1.54) is 6.34 Å². The maximum Gasteiger partial charge on any atom is 0.241 e. The molecule has 0 aromatic heterocycles. The molecule has 0 spiro atoms. The second-order valence-corrected chi connectivity index (χ2v) is 8.70. The second kappa shape index (κ2) is 4.93. The summed E-state index contributed by atoms with van der Waals surface area (Å²) in [4.78, 5) is 1.09. The summed E-state index contributed by atoms with van der Waals surface area (Å²) in [6.07, 6.45) is 0.220. The molecule has 1 N–H and O–H groups in total. The molecule has 0 radical (unpaired) electrons. The van der Waals surface area contributed by atoms with Crippen LogP contribution in [0.2, 0.25) is 0 Å². The van der Waals surface area contributed by atoms with Crippen molar-refractivity contribution in [3.05, 3.63) is 0 Å². The summed E-state index contributed by atoms with van der Waals surface area (Å²) in [6, 6.07) is 0. The van der Waals surface area contributed by atoms with Gasteiger partial charge in [-0.2, -0.15) is 5.10 Å². The molecule has 11 heteroatoms. The van der Waals surface area contributed by atoms with Crippen molar-refractivity contribution in [1.82, 2.24) is 10.3 Å². The third-order valence-electron chi connectivity index (χ3n) is 1.63. The van der Waals surface area contributed by atoms with E-state index in [-0.39, 0.29) is 0 Å². The third kappa shape index (κ3) is 3.12. The van der Waals surface area contributed by atoms with Gasteiger partial charge in [0.2, 0.25) is 12.0 Å². The van der Waals surface area contributed by atoms with Gasteiger partial charge in [0, 0.05) is 0 Å². The third-order valence-corrected chi connectivity index (χ3v) is 4.61. The molecule has 1 heterocycles. The average Bonchev–Trinajstić information content (AvgIpc) is 2.47. The van der Waals surface area contributed by atoms with Crippen LogP contribution >= 0.6 is 92.8 Å². The van der Waals surface area contributed by atoms with Crippen molar-refractivity contribution in [2.45, 2.75) is 18.2 Å². The molecule has 0 saturated heterocycles. The predicted molar refractivity (Wildman–Crippen MR) is 72.3 cm³/mol. The number of alkyl halides is 8. The van der Waals surface area contributed by atoms with Crippen LogP contribution in [-0.4, -0.2) is 29.4 Å². The molecule has 3 nitrogen and oxygen atoms in total. The zero-order valence-corrected chi connectivity index (χ0v) is 13.1. The first-order valence-electron chi connectivity index (χ1n) is 3.56. The summed E-state index contributed by atoms with van der Waals surface area (Å²) in [5.41, 5.74) is 2.48. The minimum absolute atomic E-state index is 0.955. The van der Waals surface area contributed by atoms with Crippen LogP contribution in [0.4, 0.5) is 0 Å². The maximum absolute atomic E-state index is 5.91. The molecule has 1 aliphatic rings. The first-order chi connectivity index (χ1) is 6.98. The number of nitrogens with zero attached hydrogens (tertiary/aromatic N) is 2. The number of hydrogen-bond donors (Lipinski definition) is 1. The lowest BCUT2D eigenvalue weighted by Crippen LogP contribution is -2.57. The van der Waals surface area contributed by atoms with Gasteiger partial charge in [0.05, 0.1) is 0 Å². The Morgan fingerprint density at radius 1 is 1.00 bits per heavy atom. The molecule has 0 aromatic carbocycles. The SMILES string of the molecule is ClC(Cl)(Cl)C1NN=CN1C(Cl)(Cl)C(Cl)(Cl)Cl. The molecule has 0 aromatic rings. The van der Waals surface area contributed by atoms with Gasteiger partial charge in [0.25, 0.3) is 0 Å². The summed E-state index contributed by atoms with van der Waals surface area (Å²) in [6.45, 7) is 0. The van der Waals surface area contributed by atoms with Gasteiger partial charge < -0.3 is 0 Å². The fourth-order valence-electron chi connectivity index (χ4n) is 0.907. The highest BCUT2D eigenvalue weighted by Crippen LogP contribution is 2.50. The lowest BCUT2D eigenvalue weighted by Gasteiger charge is -2.40. The Morgan fingerprint density at radius 2 is 1.50 bits per heavy atom. The fourth-order valence-corrected chi connectivity index (χ4v) is 1.94. The summed E-state index contributed by atoms with van der Waals surface area (Å²) in [5, 5.41) is 3.65. The molecule has 0 saturated carbocycles. The van der Waals surface area contributed by atoms with E-state index in [1.54, 1.807) is 0 Å². The molecule has 0 amide bonds. The van der Waals surface area contributed by atoms with Crippen LogP contribution in [0.1, 0.15) is 0 Å². The van der Waals surface area contributed by atoms with Crippen molar-refractivity contribution in [1.29, 1.82) is 0 Å². The first kappa shape index (κ1) is 15.6. The smallest absolute Gasteiger partial charge is 0.241 e. The average molecular weight is 389 g/mol. The van der Waals surface area contributed by atoms with Crippen LogP contribution in [0.15, 0.2) is 5.10 Å². The summed E-state index contributed by atoms with van der Waals surface area (Å²) in [7, 11) is 0. The highest BCUT2D eigenvalue weighted by atomic mass is 35.6. The van der Waals surface area contributed by atoms with E-state index in [4.69, 9.17) is 92.8 Å². The van der Waals surface area contributed by atoms with Gasteiger partial charge >= 0.3 is 0 Å². The predicted octanol–water partition coefficient (Wildman–Crippen LogP) is 4.03. The molecule has 0 aliphatic carbocycles. The molecule has 1 unspecified atom stereocenters. The van der Waals surface area contributed by atoms with Gasteiger partial charge in [0.1, 0.15) is 6.34 Å². The van der Waals surface area contributed by atoms with Crippen molar-refractivity contribution in [3.8, 4) is 0 Å². The van der Waals surface area contributed by atoms with Crippen LogP contribution in [0.5, 0.6) is 0 Å². The molecular weight excluding hydrogens is 386 g/mol. The zero-order chi connectivity index (χ0) is 12.8. The van der Waals surface area contributed by atoms with Gasteiger partial charge in [-0.25, -0.2) is 0 Å². The Bertz CT molecular complexity index is 291. The van der Waals surface area contributed by atoms with Crippen LogP contribution in [0.3, 0.4) is 0 Å². The van der Waals surface area contributed by atoms with E-state index in [0.717, 1.165) is 4.90 Å². The van der Waals surface area contributed by atoms with Crippen molar-refractivity contribution in [3.63, 3.8) is 0 Å². The topological polar surface area (TPSA) is 27.6 Å². The molecule has 1 rings (SSSR count). The maximum atomic E-state index is 5.91. The minimum atomic E-state index is -2.03. The van der Waals surface area contributed by atoms with E-state index in [0.29, 0.717) is 0 Å². The van der Waals surface area contributed by atoms with Gasteiger partial charge in [-0.15, -0.1) is 0 Å². The Balaban J connectivity index is 3.00. The standard InChI is InChI=1S/C5H3Cl8N3/c6-3(7,8)2-15-14-1-16(2)5(12,13)4(9,10)11/h1-2,15H. The molecule has 1 aliphatic heterocycles. The van der Waals surface area contributed by atoms with Crippen LogP contribution in [0, 0.1) is 0 Å². The van der Waals surface area contributed by atoms with E-state index in [2.05, 4.69) is 10.5 Å². The molecule has 94 valence electrons. The molecule has 0 bridgehead atoms. The van der Waals surface area contributed by atoms with Crippen molar-refractivity contribution in [2.75, 3.05) is 0 Å². The van der Waals surface area contributed by atoms with E-state index in [1.807, 2.05) is 0 Å². The lowest BCUT2D eigenvalue weighted by molar-refractivity contribution is 0.265. The van der Waals surface area contributed by atoms with Crippen LogP contribution in [0.25, 0.3) is 0 Å². The Kier molecular flexibility index (Phi) is 4.82. The van der Waals surface area contributed by atoms with Crippen LogP contribution < -0.4 is 5.43 Å². The monoisotopic (exact) mass is 385 g/mol. The fraction of sp³-hybridized carbons (Fsp3) is 0.800. The Labute approximate surface area is 132 Å². The van der Waals surface area contributed by atoms with E-state index in [9.17, 15) is 0 Å². The molecule has 1 atom stereocenters. The zero-order valence-electron chi connectivity index (χ0n) is 7.07. The highest BCUT2D eigenvalue weighted by Gasteiger charge is 2.56. The first-order valence-corrected chi connectivity index (χ1v) is 6.58. The molecule has 16 heavy (non-hydrogen) atoms. The van der Waals surface area contributed by atoms with Crippen molar-refractivity contribution in [2.24, 2.45) is 5.10 Å². The number of hydrogen-bond acceptors (Lipinski definition) is 3. The van der Waals surface area contributed by atoms with Crippen LogP contribution in [-0.2, 0) is 0 Å². The normalized spacial score (nSPS) is 22.5. The number of hydrazone groups is 1. The quantitative estimate of drug-likeness (QED) is 0.542. The Morgan fingerprint density at radius 3 is 1.88 bits per heavy atom. The number of nitrogens with one attached hydrogen (secondary N) is 1. The van der Waals surface area contributed by atoms with E-state index >= 15 is 0 Å². The lowest BCUT2D eigenvalue weighted by atomic mass is 10.4. The molecule has 0 fully saturated rings. The van der Waals surface area contributed by atoms with Crippen molar-refractivity contribution >= 4 is 99.1 Å². The largest absolute Gasteiger partial charge is 0.300 e. The minimum Gasteiger partial charge on any atom is -0.300 e. The number of rotatable bonds is 1. The second-order valence-electron chi connectivity index (χ2n) is 2.76. The summed E-state index contributed by atoms with van der Waals surface area (Å²) in [5.74, 6) is 0. The van der Waals surface area contributed by atoms with E-state index < -0.39 is 18.2 Å². The van der Waals surface area contributed by atoms with Crippen molar-refractivity contribution < 1.29 is 0 Å². The Hall–Kier alpha value is 1.59. The van der Waals surface area contributed by atoms with Gasteiger partial charge in [0.15, 0.2) is 6.17 Å². The number of halogens is 8. The summed E-state index contributed by atoms with van der Waals surface area (Å²) >= 11 is 45.8. The summed E-state index contributed by atoms with van der Waals surface area (Å²) < 4.78 is -5.73. The van der Waals surface area contributed by atoms with Gasteiger partial charge in [-0.05, 0) is 0 Å². The highest BCUT2D eigenvalue weighted by molar-refractivity contribution is 6.75. The van der Waals surface area contributed by atoms with Gasteiger partial charge in [-0.1, -0.05) is 92.8 Å². The molecular formula is C5H3Cl8N3. The van der Waals surface area contributed by atoms with Gasteiger partial charge in [-0.3, -0.25) is 10.3 Å².